The molecule has 1 aromatic carbocycles. The average Bonchev–Trinajstić information content (AvgIpc) is 2.84. The van der Waals surface area contributed by atoms with E-state index >= 15 is 0 Å². The number of benzene rings is 1. The van der Waals surface area contributed by atoms with E-state index in [-0.39, 0.29) is 23.2 Å². The van der Waals surface area contributed by atoms with Crippen LogP contribution in [-0.2, 0) is 4.79 Å². The molecule has 2 amide bonds. The van der Waals surface area contributed by atoms with Crippen LogP contribution in [0.5, 0.6) is 0 Å². The second-order valence-electron chi connectivity index (χ2n) is 4.98. The van der Waals surface area contributed by atoms with Crippen LogP contribution in [0.1, 0.15) is 16.8 Å². The maximum Gasteiger partial charge on any atom is 0.251 e. The van der Waals surface area contributed by atoms with Crippen LogP contribution >= 0.6 is 15.9 Å². The Kier molecular flexibility index (Phi) is 5.14. The summed E-state index contributed by atoms with van der Waals surface area (Å²) in [7, 11) is 2.05. The SMILES string of the molecule is CN1CCC(NC(=O)c2ccc(NC(=O)CBr)cc2)C1. The van der Waals surface area contributed by atoms with E-state index in [0.29, 0.717) is 11.3 Å². The molecular weight excluding hydrogens is 322 g/mol. The third kappa shape index (κ3) is 4.05. The molecule has 0 aromatic heterocycles. The summed E-state index contributed by atoms with van der Waals surface area (Å²) >= 11 is 3.08. The molecule has 20 heavy (non-hydrogen) atoms. The third-order valence-electron chi connectivity index (χ3n) is 3.28. The molecule has 1 aliphatic rings. The molecule has 1 fully saturated rings. The molecule has 1 unspecified atom stereocenters. The molecule has 1 atom stereocenters. The van der Waals surface area contributed by atoms with Crippen molar-refractivity contribution >= 4 is 33.4 Å². The van der Waals surface area contributed by atoms with E-state index < -0.39 is 0 Å². The number of nitrogens with one attached hydrogen (secondary N) is 2. The quantitative estimate of drug-likeness (QED) is 0.816. The van der Waals surface area contributed by atoms with E-state index in [0.717, 1.165) is 19.5 Å². The number of hydrogen-bond donors (Lipinski definition) is 2. The predicted molar refractivity (Wildman–Crippen MR) is 82.2 cm³/mol. The number of likely N-dealkylation sites (N-methyl/N-ethyl adjacent to an activating group) is 1. The molecule has 0 spiro atoms. The van der Waals surface area contributed by atoms with Gasteiger partial charge in [-0.3, -0.25) is 9.59 Å². The first-order valence-corrected chi connectivity index (χ1v) is 7.66. The zero-order chi connectivity index (χ0) is 14.5. The van der Waals surface area contributed by atoms with Crippen molar-refractivity contribution in [2.75, 3.05) is 30.8 Å². The van der Waals surface area contributed by atoms with Crippen molar-refractivity contribution in [3.63, 3.8) is 0 Å². The third-order valence-corrected chi connectivity index (χ3v) is 3.79. The van der Waals surface area contributed by atoms with Gasteiger partial charge in [0.25, 0.3) is 5.91 Å². The number of hydrogen-bond acceptors (Lipinski definition) is 3. The van der Waals surface area contributed by atoms with Crippen LogP contribution in [0.15, 0.2) is 24.3 Å². The van der Waals surface area contributed by atoms with E-state index in [1.807, 2.05) is 7.05 Å². The van der Waals surface area contributed by atoms with E-state index in [4.69, 9.17) is 0 Å². The van der Waals surface area contributed by atoms with Gasteiger partial charge in [-0.25, -0.2) is 0 Å². The summed E-state index contributed by atoms with van der Waals surface area (Å²) < 4.78 is 0. The maximum absolute atomic E-state index is 12.1. The molecular formula is C14H18BrN3O2. The molecule has 0 bridgehead atoms. The second kappa shape index (κ2) is 6.85. The number of likely N-dealkylation sites (tertiary alicyclic amines) is 1. The van der Waals surface area contributed by atoms with Gasteiger partial charge in [-0.1, -0.05) is 15.9 Å². The zero-order valence-electron chi connectivity index (χ0n) is 11.4. The molecule has 1 aromatic rings. The van der Waals surface area contributed by atoms with Gasteiger partial charge in [-0.2, -0.15) is 0 Å². The fourth-order valence-corrected chi connectivity index (χ4v) is 2.36. The Morgan fingerprint density at radius 2 is 2.05 bits per heavy atom. The van der Waals surface area contributed by atoms with Crippen LogP contribution in [0.2, 0.25) is 0 Å². The van der Waals surface area contributed by atoms with Crippen LogP contribution in [-0.4, -0.2) is 48.2 Å². The molecule has 1 heterocycles. The Labute approximate surface area is 126 Å². The highest BCUT2D eigenvalue weighted by Crippen LogP contribution is 2.11. The summed E-state index contributed by atoms with van der Waals surface area (Å²) in [4.78, 5) is 25.5. The largest absolute Gasteiger partial charge is 0.348 e. The van der Waals surface area contributed by atoms with Crippen molar-refractivity contribution in [2.45, 2.75) is 12.5 Å². The van der Waals surface area contributed by atoms with E-state index in [9.17, 15) is 9.59 Å². The highest BCUT2D eigenvalue weighted by atomic mass is 79.9. The fourth-order valence-electron chi connectivity index (χ4n) is 2.22. The lowest BCUT2D eigenvalue weighted by Gasteiger charge is -2.13. The summed E-state index contributed by atoms with van der Waals surface area (Å²) in [5.41, 5.74) is 1.29. The summed E-state index contributed by atoms with van der Waals surface area (Å²) in [5, 5.41) is 5.99. The first kappa shape index (κ1) is 15.0. The normalized spacial score (nSPS) is 18.8. The minimum atomic E-state index is -0.115. The van der Waals surface area contributed by atoms with Crippen molar-refractivity contribution in [1.82, 2.24) is 10.2 Å². The summed E-state index contributed by atoms with van der Waals surface area (Å²) in [6.45, 7) is 1.91. The lowest BCUT2D eigenvalue weighted by Crippen LogP contribution is -2.36. The average molecular weight is 340 g/mol. The molecule has 0 aliphatic carbocycles. The first-order chi connectivity index (χ1) is 9.58. The van der Waals surface area contributed by atoms with Gasteiger partial charge in [-0.15, -0.1) is 0 Å². The Morgan fingerprint density at radius 3 is 2.60 bits per heavy atom. The number of nitrogens with zero attached hydrogens (tertiary/aromatic N) is 1. The molecule has 0 radical (unpaired) electrons. The fraction of sp³-hybridized carbons (Fsp3) is 0.429. The van der Waals surface area contributed by atoms with Crippen LogP contribution in [0.25, 0.3) is 0 Å². The zero-order valence-corrected chi connectivity index (χ0v) is 12.9. The van der Waals surface area contributed by atoms with Gasteiger partial charge in [0, 0.05) is 23.8 Å². The smallest absolute Gasteiger partial charge is 0.251 e. The number of rotatable bonds is 4. The van der Waals surface area contributed by atoms with E-state index in [1.165, 1.54) is 0 Å². The van der Waals surface area contributed by atoms with Gasteiger partial charge in [0.1, 0.15) is 0 Å². The predicted octanol–water partition coefficient (Wildman–Crippen LogP) is 1.45. The van der Waals surface area contributed by atoms with Gasteiger partial charge < -0.3 is 15.5 Å². The molecule has 0 saturated carbocycles. The highest BCUT2D eigenvalue weighted by molar-refractivity contribution is 9.09. The van der Waals surface area contributed by atoms with Crippen LogP contribution in [0, 0.1) is 0 Å². The van der Waals surface area contributed by atoms with Gasteiger partial charge in [0.05, 0.1) is 5.33 Å². The Balaban J connectivity index is 1.92. The van der Waals surface area contributed by atoms with Gasteiger partial charge >= 0.3 is 0 Å². The van der Waals surface area contributed by atoms with Crippen LogP contribution in [0.4, 0.5) is 5.69 Å². The van der Waals surface area contributed by atoms with Crippen molar-refractivity contribution in [1.29, 1.82) is 0 Å². The summed E-state index contributed by atoms with van der Waals surface area (Å²) in [6, 6.07) is 7.13. The standard InChI is InChI=1S/C14H18BrN3O2/c1-18-7-6-12(9-18)17-14(20)10-2-4-11(5-3-10)16-13(19)8-15/h2-5,12H,6-9H2,1H3,(H,16,19)(H,17,20). The number of halogens is 1. The van der Waals surface area contributed by atoms with Crippen LogP contribution in [0.3, 0.4) is 0 Å². The molecule has 1 aliphatic heterocycles. The van der Waals surface area contributed by atoms with E-state index in [2.05, 4.69) is 31.5 Å². The number of alkyl halides is 1. The monoisotopic (exact) mass is 339 g/mol. The van der Waals surface area contributed by atoms with Gasteiger partial charge in [-0.05, 0) is 44.3 Å². The Bertz CT molecular complexity index is 490. The molecule has 2 rings (SSSR count). The molecule has 6 heteroatoms. The Morgan fingerprint density at radius 1 is 1.35 bits per heavy atom. The summed E-state index contributed by atoms with van der Waals surface area (Å²) in [6.07, 6.45) is 0.988. The lowest BCUT2D eigenvalue weighted by atomic mass is 10.1. The topological polar surface area (TPSA) is 61.4 Å². The summed E-state index contributed by atoms with van der Waals surface area (Å²) in [5.74, 6) is -0.181. The first-order valence-electron chi connectivity index (χ1n) is 6.54. The highest BCUT2D eigenvalue weighted by Gasteiger charge is 2.21. The van der Waals surface area contributed by atoms with Crippen LogP contribution < -0.4 is 10.6 Å². The molecule has 2 N–H and O–H groups in total. The molecule has 5 nitrogen and oxygen atoms in total. The number of carbonyl (C=O) groups excluding carboxylic acids is 2. The van der Waals surface area contributed by atoms with E-state index in [1.54, 1.807) is 24.3 Å². The van der Waals surface area contributed by atoms with Gasteiger partial charge in [0.15, 0.2) is 0 Å². The number of anilines is 1. The second-order valence-corrected chi connectivity index (χ2v) is 5.54. The lowest BCUT2D eigenvalue weighted by molar-refractivity contribution is -0.113. The van der Waals surface area contributed by atoms with Crippen molar-refractivity contribution in [3.05, 3.63) is 29.8 Å². The minimum absolute atomic E-state index is 0.0660. The number of amides is 2. The van der Waals surface area contributed by atoms with Crippen molar-refractivity contribution in [3.8, 4) is 0 Å². The Hall–Kier alpha value is -1.40. The number of carbonyl (C=O) groups is 2. The van der Waals surface area contributed by atoms with Crippen molar-refractivity contribution in [2.24, 2.45) is 0 Å². The molecule has 108 valence electrons. The van der Waals surface area contributed by atoms with Crippen molar-refractivity contribution < 1.29 is 9.59 Å². The van der Waals surface area contributed by atoms with Gasteiger partial charge in [0.2, 0.25) is 5.91 Å². The minimum Gasteiger partial charge on any atom is -0.348 e. The molecule has 1 saturated heterocycles. The maximum atomic E-state index is 12.1.